The van der Waals surface area contributed by atoms with Gasteiger partial charge in [0.2, 0.25) is 0 Å². The van der Waals surface area contributed by atoms with Gasteiger partial charge in [-0.1, -0.05) is 12.1 Å². The van der Waals surface area contributed by atoms with Crippen molar-refractivity contribution < 1.29 is 29.2 Å². The summed E-state index contributed by atoms with van der Waals surface area (Å²) in [6.07, 6.45) is 2.04. The van der Waals surface area contributed by atoms with Crippen molar-refractivity contribution in [1.29, 1.82) is 0 Å². The molecule has 4 aromatic rings. The zero-order valence-electron chi connectivity index (χ0n) is 26.3. The Morgan fingerprint density at radius 2 is 0.955 bits per heavy atom. The van der Waals surface area contributed by atoms with Gasteiger partial charge in [-0.3, -0.25) is 0 Å². The minimum Gasteiger partial charge on any atom is -0.493 e. The predicted molar refractivity (Wildman–Crippen MR) is 169 cm³/mol. The van der Waals surface area contributed by atoms with Crippen LogP contribution in [0.3, 0.4) is 0 Å². The lowest BCUT2D eigenvalue weighted by atomic mass is 10.1. The third-order valence-corrected chi connectivity index (χ3v) is 7.18. The van der Waals surface area contributed by atoms with Gasteiger partial charge in [-0.15, -0.1) is 0 Å². The molecule has 236 valence electrons. The Balaban J connectivity index is 1.82. The standard InChI is InChI=1S/C32H42N6O6/c1-37(19-21-11-13-23(41-3)25(17-21)43-5)31-29-30(34-27(35-31)9-7-15-39)32(36-28(33-29)10-8-16-40)38(2)20-22-12-14-24(42-4)26(18-22)44-6/h11-14,17-18,39-40H,7-10,15-16,19-20H2,1-6H3. The SMILES string of the molecule is COc1ccc(CN(C)c2nc(CCCO)nc3c(N(C)Cc4ccc(OC)c(OC)c4)nc(CCCO)nc23)cc1OC. The maximum absolute atomic E-state index is 9.55. The molecule has 0 saturated carbocycles. The third kappa shape index (κ3) is 7.56. The van der Waals surface area contributed by atoms with Crippen LogP contribution >= 0.6 is 0 Å². The number of hydrogen-bond acceptors (Lipinski definition) is 12. The number of rotatable bonds is 16. The molecule has 0 radical (unpaired) electrons. The molecule has 0 spiro atoms. The number of anilines is 2. The number of hydrogen-bond donors (Lipinski definition) is 2. The highest BCUT2D eigenvalue weighted by Crippen LogP contribution is 2.33. The van der Waals surface area contributed by atoms with Gasteiger partial charge in [0.15, 0.2) is 34.6 Å². The zero-order chi connectivity index (χ0) is 31.6. The maximum Gasteiger partial charge on any atom is 0.161 e. The van der Waals surface area contributed by atoms with Crippen molar-refractivity contribution in [3.8, 4) is 23.0 Å². The molecule has 0 saturated heterocycles. The molecule has 12 nitrogen and oxygen atoms in total. The van der Waals surface area contributed by atoms with Crippen LogP contribution in [0.15, 0.2) is 36.4 Å². The first kappa shape index (κ1) is 32.5. The number of ether oxygens (including phenoxy) is 4. The van der Waals surface area contributed by atoms with E-state index in [1.165, 1.54) is 0 Å². The summed E-state index contributed by atoms with van der Waals surface area (Å²) in [5.41, 5.74) is 3.21. The van der Waals surface area contributed by atoms with Crippen molar-refractivity contribution in [3.05, 3.63) is 59.2 Å². The molecule has 0 aliphatic rings. The summed E-state index contributed by atoms with van der Waals surface area (Å²) in [5.74, 6) is 5.06. The highest BCUT2D eigenvalue weighted by atomic mass is 16.5. The molecule has 2 heterocycles. The normalized spacial score (nSPS) is 11.0. The van der Waals surface area contributed by atoms with Gasteiger partial charge >= 0.3 is 0 Å². The lowest BCUT2D eigenvalue weighted by Crippen LogP contribution is -2.23. The summed E-state index contributed by atoms with van der Waals surface area (Å²) in [6.45, 7) is 1.08. The minimum absolute atomic E-state index is 0.0286. The molecule has 12 heteroatoms. The van der Waals surface area contributed by atoms with Gasteiger partial charge in [-0.05, 0) is 48.2 Å². The molecule has 0 fully saturated rings. The van der Waals surface area contributed by atoms with Crippen molar-refractivity contribution in [2.75, 3.05) is 65.5 Å². The van der Waals surface area contributed by atoms with Crippen LogP contribution in [0.25, 0.3) is 11.0 Å². The van der Waals surface area contributed by atoms with E-state index in [0.29, 0.717) is 96.1 Å². The quantitative estimate of drug-likeness (QED) is 0.193. The molecule has 2 aromatic carbocycles. The molecule has 2 aromatic heterocycles. The maximum atomic E-state index is 9.55. The van der Waals surface area contributed by atoms with Crippen LogP contribution in [-0.2, 0) is 25.9 Å². The molecular weight excluding hydrogens is 564 g/mol. The molecule has 44 heavy (non-hydrogen) atoms. The first-order valence-electron chi connectivity index (χ1n) is 14.5. The second-order valence-electron chi connectivity index (χ2n) is 10.4. The first-order valence-corrected chi connectivity index (χ1v) is 14.5. The Morgan fingerprint density at radius 3 is 1.30 bits per heavy atom. The lowest BCUT2D eigenvalue weighted by molar-refractivity contribution is 0.287. The fourth-order valence-electron chi connectivity index (χ4n) is 4.96. The molecule has 0 bridgehead atoms. The first-order chi connectivity index (χ1) is 21.3. The molecule has 0 atom stereocenters. The number of aliphatic hydroxyl groups excluding tert-OH is 2. The van der Waals surface area contributed by atoms with E-state index in [4.69, 9.17) is 38.9 Å². The summed E-state index contributed by atoms with van der Waals surface area (Å²) in [6, 6.07) is 11.6. The summed E-state index contributed by atoms with van der Waals surface area (Å²) >= 11 is 0. The van der Waals surface area contributed by atoms with E-state index in [0.717, 1.165) is 11.1 Å². The Labute approximate surface area is 258 Å². The summed E-state index contributed by atoms with van der Waals surface area (Å²) in [4.78, 5) is 23.7. The molecule has 0 aliphatic heterocycles. The van der Waals surface area contributed by atoms with E-state index in [2.05, 4.69) is 0 Å². The summed E-state index contributed by atoms with van der Waals surface area (Å²) in [5, 5.41) is 19.1. The van der Waals surface area contributed by atoms with E-state index in [-0.39, 0.29) is 13.2 Å². The number of aryl methyl sites for hydroxylation is 2. The number of aliphatic hydroxyl groups is 2. The second kappa shape index (κ2) is 15.3. The van der Waals surface area contributed by atoms with Crippen LogP contribution < -0.4 is 28.7 Å². The molecule has 0 unspecified atom stereocenters. The van der Waals surface area contributed by atoms with Crippen molar-refractivity contribution in [2.45, 2.75) is 38.8 Å². The van der Waals surface area contributed by atoms with E-state index in [1.807, 2.05) is 60.3 Å². The van der Waals surface area contributed by atoms with Gasteiger partial charge in [-0.25, -0.2) is 19.9 Å². The third-order valence-electron chi connectivity index (χ3n) is 7.18. The lowest BCUT2D eigenvalue weighted by Gasteiger charge is -2.24. The van der Waals surface area contributed by atoms with Crippen molar-refractivity contribution in [2.24, 2.45) is 0 Å². The number of nitrogens with zero attached hydrogens (tertiary/aromatic N) is 6. The Morgan fingerprint density at radius 1 is 0.568 bits per heavy atom. The fourth-order valence-corrected chi connectivity index (χ4v) is 4.96. The second-order valence-corrected chi connectivity index (χ2v) is 10.4. The van der Waals surface area contributed by atoms with Crippen LogP contribution in [0, 0.1) is 0 Å². The van der Waals surface area contributed by atoms with E-state index in [1.54, 1.807) is 28.4 Å². The largest absolute Gasteiger partial charge is 0.493 e. The van der Waals surface area contributed by atoms with Gasteiger partial charge in [0.05, 0.1) is 28.4 Å². The predicted octanol–water partition coefficient (Wildman–Crippen LogP) is 3.58. The van der Waals surface area contributed by atoms with Gasteiger partial charge in [0, 0.05) is 53.2 Å². The topological polar surface area (TPSA) is 135 Å². The van der Waals surface area contributed by atoms with Crippen LogP contribution in [0.4, 0.5) is 11.6 Å². The smallest absolute Gasteiger partial charge is 0.161 e. The Kier molecular flexibility index (Phi) is 11.3. The zero-order valence-corrected chi connectivity index (χ0v) is 26.3. The molecule has 0 aliphatic carbocycles. The van der Waals surface area contributed by atoms with Gasteiger partial charge < -0.3 is 39.0 Å². The minimum atomic E-state index is 0.0286. The number of methoxy groups -OCH3 is 4. The van der Waals surface area contributed by atoms with Crippen molar-refractivity contribution in [3.63, 3.8) is 0 Å². The van der Waals surface area contributed by atoms with Gasteiger partial charge in [0.25, 0.3) is 0 Å². The van der Waals surface area contributed by atoms with Crippen LogP contribution in [0.2, 0.25) is 0 Å². The van der Waals surface area contributed by atoms with Crippen LogP contribution in [0.5, 0.6) is 23.0 Å². The molecule has 0 amide bonds. The molecule has 2 N–H and O–H groups in total. The van der Waals surface area contributed by atoms with E-state index >= 15 is 0 Å². The van der Waals surface area contributed by atoms with Gasteiger partial charge in [-0.2, -0.15) is 0 Å². The van der Waals surface area contributed by atoms with Crippen molar-refractivity contribution >= 4 is 22.7 Å². The highest BCUT2D eigenvalue weighted by molar-refractivity contribution is 5.93. The van der Waals surface area contributed by atoms with Crippen molar-refractivity contribution in [1.82, 2.24) is 19.9 Å². The number of benzene rings is 2. The van der Waals surface area contributed by atoms with Gasteiger partial charge in [0.1, 0.15) is 22.7 Å². The number of fused-ring (bicyclic) bond motifs is 1. The van der Waals surface area contributed by atoms with Crippen LogP contribution in [0.1, 0.15) is 35.6 Å². The average molecular weight is 607 g/mol. The van der Waals surface area contributed by atoms with E-state index in [9.17, 15) is 10.2 Å². The number of aromatic nitrogens is 4. The molecular formula is C32H42N6O6. The summed E-state index contributed by atoms with van der Waals surface area (Å²) < 4.78 is 21.8. The average Bonchev–Trinajstić information content (AvgIpc) is 3.05. The summed E-state index contributed by atoms with van der Waals surface area (Å²) in [7, 11) is 10.4. The van der Waals surface area contributed by atoms with E-state index < -0.39 is 0 Å². The fraction of sp³-hybridized carbons (Fsp3) is 0.438. The van der Waals surface area contributed by atoms with Crippen LogP contribution in [-0.4, -0.2) is 85.9 Å². The highest BCUT2D eigenvalue weighted by Gasteiger charge is 2.21. The Bertz CT molecular complexity index is 1440. The Hall–Kier alpha value is -4.42. The monoisotopic (exact) mass is 606 g/mol. The molecule has 4 rings (SSSR count).